The van der Waals surface area contributed by atoms with E-state index in [-0.39, 0.29) is 5.91 Å². The number of aryl methyl sites for hydroxylation is 3. The molecule has 6 nitrogen and oxygen atoms in total. The van der Waals surface area contributed by atoms with Crippen LogP contribution in [0.1, 0.15) is 45.9 Å². The van der Waals surface area contributed by atoms with Gasteiger partial charge in [-0.15, -0.1) is 0 Å². The van der Waals surface area contributed by atoms with Crippen LogP contribution in [0.2, 0.25) is 0 Å². The molecule has 3 rings (SSSR count). The minimum Gasteiger partial charge on any atom is -0.352 e. The average molecular weight is 380 g/mol. The molecule has 0 spiro atoms. The lowest BCUT2D eigenvalue weighted by atomic mass is 10.1. The van der Waals surface area contributed by atoms with Crippen LogP contribution in [-0.4, -0.2) is 25.5 Å². The molecule has 0 fully saturated rings. The van der Waals surface area contributed by atoms with E-state index in [1.807, 2.05) is 55.4 Å². The third-order valence-corrected chi connectivity index (χ3v) is 5.43. The molecule has 2 heterocycles. The number of benzene rings is 1. The molecule has 0 aliphatic rings. The highest BCUT2D eigenvalue weighted by molar-refractivity contribution is 5.76. The number of nitrogens with one attached hydrogen (secondary N) is 1. The van der Waals surface area contributed by atoms with Gasteiger partial charge in [0.1, 0.15) is 0 Å². The Morgan fingerprint density at radius 3 is 2.29 bits per heavy atom. The number of aromatic nitrogens is 4. The molecule has 0 bridgehead atoms. The summed E-state index contributed by atoms with van der Waals surface area (Å²) in [6.45, 7) is 9.34. The first-order valence-electron chi connectivity index (χ1n) is 9.69. The molecule has 3 aromatic rings. The van der Waals surface area contributed by atoms with Crippen molar-refractivity contribution >= 4 is 5.91 Å². The van der Waals surface area contributed by atoms with Crippen LogP contribution >= 0.6 is 0 Å². The Bertz CT molecular complexity index is 969. The van der Waals surface area contributed by atoms with Crippen molar-refractivity contribution in [2.45, 2.75) is 53.6 Å². The van der Waals surface area contributed by atoms with E-state index >= 15 is 0 Å². The van der Waals surface area contributed by atoms with Gasteiger partial charge in [0, 0.05) is 37.0 Å². The van der Waals surface area contributed by atoms with Crippen molar-refractivity contribution in [3.63, 3.8) is 0 Å². The molecule has 6 heteroatoms. The molecule has 1 aromatic carbocycles. The van der Waals surface area contributed by atoms with Gasteiger partial charge < -0.3 is 5.32 Å². The normalized spacial score (nSPS) is 11.0. The van der Waals surface area contributed by atoms with Crippen LogP contribution in [0.15, 0.2) is 30.3 Å². The Hall–Kier alpha value is -2.89. The van der Waals surface area contributed by atoms with Crippen LogP contribution in [0.25, 0.3) is 0 Å². The molecule has 1 N–H and O–H groups in total. The zero-order valence-electron chi connectivity index (χ0n) is 17.4. The number of hydrogen-bond acceptors (Lipinski definition) is 3. The lowest BCUT2D eigenvalue weighted by Crippen LogP contribution is -2.23. The topological polar surface area (TPSA) is 64.7 Å². The molecule has 0 saturated carbocycles. The standard InChI is InChI=1S/C22H29N5O/c1-15-20(17(3)26(5)24-15)11-12-22(28)23-13-21-16(2)25-27(18(21)4)14-19-9-7-6-8-10-19/h6-10H,11-14H2,1-5H3,(H,23,28). The molecule has 28 heavy (non-hydrogen) atoms. The maximum Gasteiger partial charge on any atom is 0.220 e. The second kappa shape index (κ2) is 8.42. The molecule has 148 valence electrons. The SMILES string of the molecule is Cc1nn(C)c(C)c1CCC(=O)NCc1c(C)nn(Cc2ccccc2)c1C. The summed E-state index contributed by atoms with van der Waals surface area (Å²) in [5.41, 5.74) is 7.67. The summed E-state index contributed by atoms with van der Waals surface area (Å²) in [6, 6.07) is 10.3. The lowest BCUT2D eigenvalue weighted by molar-refractivity contribution is -0.121. The van der Waals surface area contributed by atoms with Crippen LogP contribution in [-0.2, 0) is 31.4 Å². The molecule has 2 aromatic heterocycles. The fourth-order valence-corrected chi connectivity index (χ4v) is 3.59. The van der Waals surface area contributed by atoms with Crippen molar-refractivity contribution in [2.24, 2.45) is 7.05 Å². The van der Waals surface area contributed by atoms with E-state index in [1.54, 1.807) is 0 Å². The van der Waals surface area contributed by atoms with Gasteiger partial charge in [0.05, 0.1) is 17.9 Å². The fourth-order valence-electron chi connectivity index (χ4n) is 3.59. The van der Waals surface area contributed by atoms with E-state index < -0.39 is 0 Å². The van der Waals surface area contributed by atoms with E-state index in [2.05, 4.69) is 34.6 Å². The summed E-state index contributed by atoms with van der Waals surface area (Å²) in [5.74, 6) is 0.0530. The minimum atomic E-state index is 0.0530. The van der Waals surface area contributed by atoms with Gasteiger partial charge in [-0.1, -0.05) is 30.3 Å². The molecule has 1 amide bonds. The van der Waals surface area contributed by atoms with Gasteiger partial charge in [0.2, 0.25) is 5.91 Å². The van der Waals surface area contributed by atoms with Crippen LogP contribution in [0, 0.1) is 27.7 Å². The Morgan fingerprint density at radius 2 is 1.64 bits per heavy atom. The van der Waals surface area contributed by atoms with Gasteiger partial charge in [-0.3, -0.25) is 14.2 Å². The predicted octanol–water partition coefficient (Wildman–Crippen LogP) is 3.15. The molecule has 0 aliphatic heterocycles. The third-order valence-electron chi connectivity index (χ3n) is 5.43. The summed E-state index contributed by atoms with van der Waals surface area (Å²) >= 11 is 0. The summed E-state index contributed by atoms with van der Waals surface area (Å²) in [6.07, 6.45) is 1.17. The van der Waals surface area contributed by atoms with Crippen LogP contribution in [0.5, 0.6) is 0 Å². The summed E-state index contributed by atoms with van der Waals surface area (Å²) < 4.78 is 3.88. The second-order valence-electron chi connectivity index (χ2n) is 7.34. The van der Waals surface area contributed by atoms with Crippen LogP contribution in [0.4, 0.5) is 0 Å². The Morgan fingerprint density at radius 1 is 0.964 bits per heavy atom. The van der Waals surface area contributed by atoms with E-state index in [1.165, 1.54) is 11.1 Å². The van der Waals surface area contributed by atoms with Crippen molar-refractivity contribution in [2.75, 3.05) is 0 Å². The van der Waals surface area contributed by atoms with Gasteiger partial charge in [-0.25, -0.2) is 0 Å². The molecule has 0 saturated heterocycles. The maximum atomic E-state index is 12.4. The van der Waals surface area contributed by atoms with E-state index in [0.29, 0.717) is 19.4 Å². The number of rotatable bonds is 7. The predicted molar refractivity (Wildman–Crippen MR) is 110 cm³/mol. The van der Waals surface area contributed by atoms with E-state index in [4.69, 9.17) is 0 Å². The zero-order chi connectivity index (χ0) is 20.3. The first-order chi connectivity index (χ1) is 13.4. The first kappa shape index (κ1) is 19.9. The van der Waals surface area contributed by atoms with Crippen molar-refractivity contribution in [3.8, 4) is 0 Å². The smallest absolute Gasteiger partial charge is 0.220 e. The van der Waals surface area contributed by atoms with Crippen LogP contribution in [0.3, 0.4) is 0 Å². The second-order valence-corrected chi connectivity index (χ2v) is 7.34. The van der Waals surface area contributed by atoms with Gasteiger partial charge in [-0.2, -0.15) is 10.2 Å². The van der Waals surface area contributed by atoms with E-state index in [0.717, 1.165) is 34.9 Å². The number of carbonyl (C=O) groups excluding carboxylic acids is 1. The highest BCUT2D eigenvalue weighted by Crippen LogP contribution is 2.16. The Balaban J connectivity index is 1.59. The molecular weight excluding hydrogens is 350 g/mol. The highest BCUT2D eigenvalue weighted by atomic mass is 16.1. The van der Waals surface area contributed by atoms with Gasteiger partial charge >= 0.3 is 0 Å². The van der Waals surface area contributed by atoms with Crippen molar-refractivity contribution in [3.05, 3.63) is 69.8 Å². The quantitative estimate of drug-likeness (QED) is 0.686. The van der Waals surface area contributed by atoms with Crippen LogP contribution < -0.4 is 5.32 Å². The number of amides is 1. The molecule has 0 aliphatic carbocycles. The highest BCUT2D eigenvalue weighted by Gasteiger charge is 2.14. The Kier molecular flexibility index (Phi) is 5.97. The average Bonchev–Trinajstić information content (AvgIpc) is 3.07. The number of carbonyl (C=O) groups is 1. The summed E-state index contributed by atoms with van der Waals surface area (Å²) in [4.78, 5) is 12.4. The fraction of sp³-hybridized carbons (Fsp3) is 0.409. The molecule has 0 radical (unpaired) electrons. The molecule has 0 atom stereocenters. The van der Waals surface area contributed by atoms with E-state index in [9.17, 15) is 4.79 Å². The largest absolute Gasteiger partial charge is 0.352 e. The molecular formula is C22H29N5O. The third kappa shape index (κ3) is 4.32. The van der Waals surface area contributed by atoms with Gasteiger partial charge in [0.15, 0.2) is 0 Å². The minimum absolute atomic E-state index is 0.0530. The first-order valence-corrected chi connectivity index (χ1v) is 9.69. The van der Waals surface area contributed by atoms with Crippen molar-refractivity contribution < 1.29 is 4.79 Å². The summed E-state index contributed by atoms with van der Waals surface area (Å²) in [5, 5.41) is 12.1. The monoisotopic (exact) mass is 379 g/mol. The Labute approximate surface area is 166 Å². The zero-order valence-corrected chi connectivity index (χ0v) is 17.4. The maximum absolute atomic E-state index is 12.4. The van der Waals surface area contributed by atoms with Crippen molar-refractivity contribution in [1.29, 1.82) is 0 Å². The summed E-state index contributed by atoms with van der Waals surface area (Å²) in [7, 11) is 1.94. The van der Waals surface area contributed by atoms with Crippen molar-refractivity contribution in [1.82, 2.24) is 24.9 Å². The number of hydrogen-bond donors (Lipinski definition) is 1. The number of nitrogens with zero attached hydrogens (tertiary/aromatic N) is 4. The lowest BCUT2D eigenvalue weighted by Gasteiger charge is -2.08. The molecule has 0 unspecified atom stereocenters. The van der Waals surface area contributed by atoms with Gasteiger partial charge in [-0.05, 0) is 45.2 Å². The van der Waals surface area contributed by atoms with Gasteiger partial charge in [0.25, 0.3) is 0 Å².